The molecule has 0 saturated carbocycles. The van der Waals surface area contributed by atoms with Crippen molar-refractivity contribution in [1.29, 1.82) is 0 Å². The summed E-state index contributed by atoms with van der Waals surface area (Å²) < 4.78 is 10.6. The van der Waals surface area contributed by atoms with Crippen LogP contribution in [-0.2, 0) is 23.3 Å². The maximum absolute atomic E-state index is 2.68. The molecule has 0 fully saturated rings. The molecule has 2 aliphatic rings. The molecule has 62 heavy (non-hydrogen) atoms. The zero-order valence-corrected chi connectivity index (χ0v) is 39.6. The fourth-order valence-corrected chi connectivity index (χ4v) is 13.5. The minimum atomic E-state index is -0.00836. The van der Waals surface area contributed by atoms with Crippen molar-refractivity contribution >= 4 is 107 Å². The first-order valence-corrected chi connectivity index (χ1v) is 24.1. The number of hydrogen-bond donors (Lipinski definition) is 0. The van der Waals surface area contributed by atoms with E-state index in [1.54, 1.807) is 0 Å². The van der Waals surface area contributed by atoms with Crippen molar-refractivity contribution in [2.24, 2.45) is 7.05 Å². The van der Waals surface area contributed by atoms with Gasteiger partial charge in [0.1, 0.15) is 0 Å². The molecule has 10 aromatic rings. The zero-order valence-electron chi connectivity index (χ0n) is 37.9. The van der Waals surface area contributed by atoms with Crippen molar-refractivity contribution < 1.29 is 4.57 Å². The van der Waals surface area contributed by atoms with Gasteiger partial charge in [-0.3, -0.25) is 0 Å². The van der Waals surface area contributed by atoms with Crippen LogP contribution >= 0.6 is 0 Å². The Morgan fingerprint density at radius 3 is 1.97 bits per heavy atom. The molecule has 5 heteroatoms. The van der Waals surface area contributed by atoms with Crippen LogP contribution in [0.25, 0.3) is 77.0 Å². The number of aromatic nitrogens is 3. The normalized spacial score (nSPS) is 14.0. The van der Waals surface area contributed by atoms with E-state index in [1.165, 1.54) is 125 Å². The van der Waals surface area contributed by atoms with E-state index in [-0.39, 0.29) is 37.9 Å². The third-order valence-corrected chi connectivity index (χ3v) is 16.8. The van der Waals surface area contributed by atoms with E-state index in [2.05, 4.69) is 211 Å². The van der Waals surface area contributed by atoms with Crippen molar-refractivity contribution in [2.75, 3.05) is 0 Å². The van der Waals surface area contributed by atoms with Gasteiger partial charge in [-0.25, -0.2) is 0 Å². The van der Waals surface area contributed by atoms with E-state index in [4.69, 9.17) is 0 Å². The van der Waals surface area contributed by atoms with Crippen LogP contribution in [0.4, 0.5) is 0 Å². The fraction of sp³-hybridized carbons (Fsp3) is 0.246. The van der Waals surface area contributed by atoms with Crippen LogP contribution < -0.4 is 29.9 Å². The van der Waals surface area contributed by atoms with Gasteiger partial charge in [-0.15, -0.1) is 0 Å². The van der Waals surface area contributed by atoms with Crippen LogP contribution in [0.2, 0.25) is 0 Å². The Kier molecular flexibility index (Phi) is 7.70. The number of benzene rings is 7. The first-order valence-electron chi connectivity index (χ1n) is 22.4. The van der Waals surface area contributed by atoms with E-state index in [9.17, 15) is 0 Å². The predicted octanol–water partition coefficient (Wildman–Crippen LogP) is 9.99. The van der Waals surface area contributed by atoms with Crippen LogP contribution in [0.3, 0.4) is 0 Å². The van der Waals surface area contributed by atoms with Crippen LogP contribution in [0.15, 0.2) is 121 Å². The van der Waals surface area contributed by atoms with Gasteiger partial charge in [0.15, 0.2) is 0 Å². The average molecular weight is 870 g/mol. The standard InChI is InChI=1S/C57H53BN3Se/c1-32-20-23-37(51-38-16-12-13-17-43(38)61-46-19-15-14-18-45(46)59(11)54(61)50(32)51)33-26-47-52-49(27-33)62-48-25-22-35(56(5,6)7)30-41(48)58(52)42-31-36(57(8,9)10)29-40-39-28-34(55(2,3)4)21-24-44(39)60(47)53(40)42/h12-31H,1-11H3/q+1. The van der Waals surface area contributed by atoms with Gasteiger partial charge < -0.3 is 0 Å². The molecule has 0 unspecified atom stereocenters. The first-order chi connectivity index (χ1) is 29.5. The van der Waals surface area contributed by atoms with E-state index < -0.39 is 0 Å². The number of para-hydroxylation sites is 3. The summed E-state index contributed by atoms with van der Waals surface area (Å²) in [7, 11) is 2.24. The molecule has 5 heterocycles. The van der Waals surface area contributed by atoms with Crippen molar-refractivity contribution in [3.63, 3.8) is 0 Å². The molecule has 2 aliphatic heterocycles. The van der Waals surface area contributed by atoms with Crippen molar-refractivity contribution in [3.05, 3.63) is 144 Å². The van der Waals surface area contributed by atoms with E-state index in [1.807, 2.05) is 0 Å². The van der Waals surface area contributed by atoms with Gasteiger partial charge in [0, 0.05) is 0 Å². The van der Waals surface area contributed by atoms with E-state index in [0.717, 1.165) is 0 Å². The molecule has 12 rings (SSSR count). The quantitative estimate of drug-likeness (QED) is 0.0887. The average Bonchev–Trinajstić information content (AvgIpc) is 3.73. The molecule has 0 aliphatic carbocycles. The van der Waals surface area contributed by atoms with Crippen molar-refractivity contribution in [1.82, 2.24) is 8.97 Å². The summed E-state index contributed by atoms with van der Waals surface area (Å²) in [5.41, 5.74) is 21.6. The number of aryl methyl sites for hydroxylation is 2. The van der Waals surface area contributed by atoms with Crippen LogP contribution in [-0.4, -0.2) is 30.6 Å². The number of imidazole rings is 1. The number of rotatable bonds is 1. The SMILES string of the molecule is Cc1ccc(-c2cc3c4c(c2)-n2c5ccc(C(C)(C)C)cc5c5cc(C(C)(C)C)cc(c52)B4c2cc(C(C)(C)C)ccc2[Se]3)c2c3ccccc3n3c4ccccc4[n+](C)c3c12. The molecule has 0 saturated heterocycles. The van der Waals surface area contributed by atoms with Gasteiger partial charge >= 0.3 is 374 Å². The van der Waals surface area contributed by atoms with E-state index >= 15 is 0 Å². The van der Waals surface area contributed by atoms with Crippen LogP contribution in [0.5, 0.6) is 0 Å². The second-order valence-electron chi connectivity index (χ2n) is 21.4. The number of pyridine rings is 1. The molecule has 0 radical (unpaired) electrons. The van der Waals surface area contributed by atoms with E-state index in [0.29, 0.717) is 0 Å². The summed E-state index contributed by atoms with van der Waals surface area (Å²) in [5, 5.41) is 6.66. The molecule has 0 spiro atoms. The van der Waals surface area contributed by atoms with Gasteiger partial charge in [0.25, 0.3) is 0 Å². The molecule has 7 aromatic carbocycles. The Labute approximate surface area is 371 Å². The van der Waals surface area contributed by atoms with Gasteiger partial charge in [-0.1, -0.05) is 0 Å². The summed E-state index contributed by atoms with van der Waals surface area (Å²) in [6.07, 6.45) is 0. The Morgan fingerprint density at radius 2 is 1.21 bits per heavy atom. The minimum absolute atomic E-state index is 0.00836. The molecule has 3 nitrogen and oxygen atoms in total. The molecular weight excluding hydrogens is 816 g/mol. The topological polar surface area (TPSA) is 13.2 Å². The second kappa shape index (κ2) is 12.5. The Morgan fingerprint density at radius 1 is 0.548 bits per heavy atom. The second-order valence-corrected chi connectivity index (χ2v) is 23.7. The van der Waals surface area contributed by atoms with Gasteiger partial charge in [-0.05, 0) is 0 Å². The Balaban J connectivity index is 1.25. The first kappa shape index (κ1) is 38.1. The molecule has 0 atom stereocenters. The van der Waals surface area contributed by atoms with Gasteiger partial charge in [0.2, 0.25) is 0 Å². The third-order valence-electron chi connectivity index (χ3n) is 14.4. The van der Waals surface area contributed by atoms with Crippen molar-refractivity contribution in [2.45, 2.75) is 85.5 Å². The molecule has 0 amide bonds. The number of fused-ring (bicyclic) bond motifs is 15. The third kappa shape index (κ3) is 5.16. The van der Waals surface area contributed by atoms with Crippen LogP contribution in [0.1, 0.15) is 84.6 Å². The summed E-state index contributed by atoms with van der Waals surface area (Å²) in [6.45, 7) is 23.7. The van der Waals surface area contributed by atoms with Gasteiger partial charge in [-0.2, -0.15) is 0 Å². The Bertz CT molecular complexity index is 3640. The van der Waals surface area contributed by atoms with Crippen LogP contribution in [0, 0.1) is 6.92 Å². The summed E-state index contributed by atoms with van der Waals surface area (Å²) in [5.74, 6) is 0. The van der Waals surface area contributed by atoms with Gasteiger partial charge in [0.05, 0.1) is 0 Å². The monoisotopic (exact) mass is 870 g/mol. The summed E-state index contributed by atoms with van der Waals surface area (Å²) in [6, 6.07) is 47.8. The predicted molar refractivity (Wildman–Crippen MR) is 268 cm³/mol. The van der Waals surface area contributed by atoms with Crippen molar-refractivity contribution in [3.8, 4) is 16.8 Å². The fourth-order valence-electron chi connectivity index (χ4n) is 11.0. The molecule has 3 aromatic heterocycles. The number of hydrogen-bond acceptors (Lipinski definition) is 0. The summed E-state index contributed by atoms with van der Waals surface area (Å²) >= 11 is 0.116. The maximum atomic E-state index is 2.68. The Hall–Kier alpha value is -5.61. The molecular formula is C57H53BN3Se+. The summed E-state index contributed by atoms with van der Waals surface area (Å²) in [4.78, 5) is 0. The molecule has 0 bridgehead atoms. The number of nitrogens with zero attached hydrogens (tertiary/aromatic N) is 3. The zero-order chi connectivity index (χ0) is 42.9. The molecule has 304 valence electrons. The molecule has 0 N–H and O–H groups in total.